The second kappa shape index (κ2) is 6.02. The summed E-state index contributed by atoms with van der Waals surface area (Å²) in [6, 6.07) is 2.47. The molecule has 0 heterocycles. The SMILES string of the molecule is CCCNC1CCCCC1N(C)C1CCC1. The van der Waals surface area contributed by atoms with Gasteiger partial charge >= 0.3 is 0 Å². The Morgan fingerprint density at radius 1 is 1.06 bits per heavy atom. The van der Waals surface area contributed by atoms with E-state index in [0.29, 0.717) is 0 Å². The van der Waals surface area contributed by atoms with Crippen molar-refractivity contribution >= 4 is 0 Å². The molecule has 2 atom stereocenters. The first-order chi connectivity index (χ1) is 7.83. The first-order valence-electron chi connectivity index (χ1n) is 7.28. The first-order valence-corrected chi connectivity index (χ1v) is 7.28. The van der Waals surface area contributed by atoms with Crippen LogP contribution in [0.15, 0.2) is 0 Å². The number of rotatable bonds is 5. The minimum Gasteiger partial charge on any atom is -0.312 e. The molecule has 0 aromatic rings. The zero-order valence-corrected chi connectivity index (χ0v) is 11.0. The maximum absolute atomic E-state index is 3.76. The normalized spacial score (nSPS) is 31.7. The maximum Gasteiger partial charge on any atom is 0.0249 e. The number of hydrogen-bond acceptors (Lipinski definition) is 2. The number of nitrogens with zero attached hydrogens (tertiary/aromatic N) is 1. The largest absolute Gasteiger partial charge is 0.312 e. The third-order valence-corrected chi connectivity index (χ3v) is 4.56. The lowest BCUT2D eigenvalue weighted by Crippen LogP contribution is -2.55. The van der Waals surface area contributed by atoms with Crippen LogP contribution < -0.4 is 5.32 Å². The van der Waals surface area contributed by atoms with Crippen molar-refractivity contribution in [3.8, 4) is 0 Å². The summed E-state index contributed by atoms with van der Waals surface area (Å²) in [7, 11) is 2.36. The lowest BCUT2D eigenvalue weighted by atomic mass is 9.84. The van der Waals surface area contributed by atoms with Crippen LogP contribution in [0.3, 0.4) is 0 Å². The van der Waals surface area contributed by atoms with E-state index in [2.05, 4.69) is 24.2 Å². The summed E-state index contributed by atoms with van der Waals surface area (Å²) < 4.78 is 0. The Balaban J connectivity index is 1.86. The minimum atomic E-state index is 0.763. The monoisotopic (exact) mass is 224 g/mol. The van der Waals surface area contributed by atoms with Crippen LogP contribution in [0.2, 0.25) is 0 Å². The van der Waals surface area contributed by atoms with Gasteiger partial charge < -0.3 is 5.32 Å². The standard InChI is InChI=1S/C14H28N2/c1-3-11-15-13-9-4-5-10-14(13)16(2)12-7-6-8-12/h12-15H,3-11H2,1-2H3. The molecule has 0 bridgehead atoms. The molecule has 0 aromatic carbocycles. The second-order valence-corrected chi connectivity index (χ2v) is 5.66. The molecule has 0 aromatic heterocycles. The second-order valence-electron chi connectivity index (χ2n) is 5.66. The Bertz CT molecular complexity index is 201. The summed E-state index contributed by atoms with van der Waals surface area (Å²) in [5.41, 5.74) is 0. The molecule has 2 rings (SSSR count). The topological polar surface area (TPSA) is 15.3 Å². The smallest absolute Gasteiger partial charge is 0.0249 e. The van der Waals surface area contributed by atoms with Crippen molar-refractivity contribution in [2.45, 2.75) is 76.4 Å². The molecule has 1 N–H and O–H groups in total. The van der Waals surface area contributed by atoms with Crippen LogP contribution in [0.5, 0.6) is 0 Å². The van der Waals surface area contributed by atoms with Gasteiger partial charge in [0.05, 0.1) is 0 Å². The quantitative estimate of drug-likeness (QED) is 0.772. The third-order valence-electron chi connectivity index (χ3n) is 4.56. The fraction of sp³-hybridized carbons (Fsp3) is 1.00. The molecular weight excluding hydrogens is 196 g/mol. The van der Waals surface area contributed by atoms with Crippen LogP contribution in [0.1, 0.15) is 58.3 Å². The van der Waals surface area contributed by atoms with E-state index in [1.165, 1.54) is 57.9 Å². The molecule has 0 saturated heterocycles. The summed E-state index contributed by atoms with van der Waals surface area (Å²) in [6.45, 7) is 3.46. The minimum absolute atomic E-state index is 0.763. The molecule has 16 heavy (non-hydrogen) atoms. The summed E-state index contributed by atoms with van der Waals surface area (Å²) in [5.74, 6) is 0. The van der Waals surface area contributed by atoms with E-state index < -0.39 is 0 Å². The highest BCUT2D eigenvalue weighted by Gasteiger charge is 2.33. The van der Waals surface area contributed by atoms with Gasteiger partial charge in [-0.05, 0) is 45.7 Å². The predicted molar refractivity (Wildman–Crippen MR) is 69.7 cm³/mol. The van der Waals surface area contributed by atoms with Crippen molar-refractivity contribution in [2.24, 2.45) is 0 Å². The molecule has 0 radical (unpaired) electrons. The van der Waals surface area contributed by atoms with Gasteiger partial charge in [-0.3, -0.25) is 4.90 Å². The zero-order chi connectivity index (χ0) is 11.4. The highest BCUT2D eigenvalue weighted by Crippen LogP contribution is 2.30. The van der Waals surface area contributed by atoms with Gasteiger partial charge in [0.2, 0.25) is 0 Å². The van der Waals surface area contributed by atoms with Gasteiger partial charge in [0.25, 0.3) is 0 Å². The molecule has 0 spiro atoms. The molecule has 2 unspecified atom stereocenters. The number of nitrogens with one attached hydrogen (secondary N) is 1. The van der Waals surface area contributed by atoms with E-state index in [9.17, 15) is 0 Å². The van der Waals surface area contributed by atoms with Gasteiger partial charge in [-0.15, -0.1) is 0 Å². The van der Waals surface area contributed by atoms with Crippen LogP contribution in [0, 0.1) is 0 Å². The van der Waals surface area contributed by atoms with E-state index in [4.69, 9.17) is 0 Å². The maximum atomic E-state index is 3.76. The zero-order valence-electron chi connectivity index (χ0n) is 11.0. The molecule has 0 aliphatic heterocycles. The molecule has 2 aliphatic carbocycles. The van der Waals surface area contributed by atoms with Crippen molar-refractivity contribution in [1.82, 2.24) is 10.2 Å². The summed E-state index contributed by atoms with van der Waals surface area (Å²) in [6.07, 6.45) is 11.3. The predicted octanol–water partition coefficient (Wildman–Crippen LogP) is 2.78. The highest BCUT2D eigenvalue weighted by molar-refractivity contribution is 4.91. The average molecular weight is 224 g/mol. The molecule has 0 amide bonds. The van der Waals surface area contributed by atoms with Gasteiger partial charge in [-0.2, -0.15) is 0 Å². The highest BCUT2D eigenvalue weighted by atomic mass is 15.2. The van der Waals surface area contributed by atoms with Crippen LogP contribution in [0.25, 0.3) is 0 Å². The summed E-state index contributed by atoms with van der Waals surface area (Å²) in [4.78, 5) is 2.69. The Morgan fingerprint density at radius 2 is 1.81 bits per heavy atom. The fourth-order valence-corrected chi connectivity index (χ4v) is 3.23. The number of hydrogen-bond donors (Lipinski definition) is 1. The lowest BCUT2D eigenvalue weighted by molar-refractivity contribution is 0.0666. The molecule has 2 saturated carbocycles. The molecule has 2 heteroatoms. The molecule has 94 valence electrons. The third kappa shape index (κ3) is 2.78. The Morgan fingerprint density at radius 3 is 2.44 bits per heavy atom. The van der Waals surface area contributed by atoms with Crippen LogP contribution in [0.4, 0.5) is 0 Å². The van der Waals surface area contributed by atoms with Crippen molar-refractivity contribution in [3.05, 3.63) is 0 Å². The van der Waals surface area contributed by atoms with Gasteiger partial charge in [0, 0.05) is 18.1 Å². The van der Waals surface area contributed by atoms with E-state index >= 15 is 0 Å². The summed E-state index contributed by atoms with van der Waals surface area (Å²) >= 11 is 0. The van der Waals surface area contributed by atoms with E-state index in [1.54, 1.807) is 0 Å². The van der Waals surface area contributed by atoms with Gasteiger partial charge in [-0.1, -0.05) is 26.2 Å². The van der Waals surface area contributed by atoms with Gasteiger partial charge in [-0.25, -0.2) is 0 Å². The van der Waals surface area contributed by atoms with E-state index in [-0.39, 0.29) is 0 Å². The first kappa shape index (κ1) is 12.4. The van der Waals surface area contributed by atoms with Crippen LogP contribution >= 0.6 is 0 Å². The van der Waals surface area contributed by atoms with Gasteiger partial charge in [0.1, 0.15) is 0 Å². The Hall–Kier alpha value is -0.0800. The Kier molecular flexibility index (Phi) is 4.66. The van der Waals surface area contributed by atoms with Crippen molar-refractivity contribution in [3.63, 3.8) is 0 Å². The lowest BCUT2D eigenvalue weighted by Gasteiger charge is -2.45. The fourth-order valence-electron chi connectivity index (χ4n) is 3.23. The molecule has 2 fully saturated rings. The van der Waals surface area contributed by atoms with Gasteiger partial charge in [0.15, 0.2) is 0 Å². The van der Waals surface area contributed by atoms with E-state index in [1.807, 2.05) is 0 Å². The molecule has 2 nitrogen and oxygen atoms in total. The van der Waals surface area contributed by atoms with Crippen LogP contribution in [-0.2, 0) is 0 Å². The average Bonchev–Trinajstić information content (AvgIpc) is 2.24. The van der Waals surface area contributed by atoms with Crippen molar-refractivity contribution in [2.75, 3.05) is 13.6 Å². The van der Waals surface area contributed by atoms with Crippen molar-refractivity contribution in [1.29, 1.82) is 0 Å². The molecule has 2 aliphatic rings. The van der Waals surface area contributed by atoms with E-state index in [0.717, 1.165) is 18.1 Å². The number of likely N-dealkylation sites (N-methyl/N-ethyl adjacent to an activating group) is 1. The van der Waals surface area contributed by atoms with Crippen molar-refractivity contribution < 1.29 is 0 Å². The van der Waals surface area contributed by atoms with Crippen LogP contribution in [-0.4, -0.2) is 36.6 Å². The Labute approximate surface area is 101 Å². The summed E-state index contributed by atoms with van der Waals surface area (Å²) in [5, 5.41) is 3.76. The molecular formula is C14H28N2.